The molecule has 0 saturated carbocycles. The number of hydrogen-bond acceptors (Lipinski definition) is 7. The van der Waals surface area contributed by atoms with E-state index in [4.69, 9.17) is 9.47 Å². The fourth-order valence-electron chi connectivity index (χ4n) is 3.88. The summed E-state index contributed by atoms with van der Waals surface area (Å²) in [5.41, 5.74) is 0.115. The maximum atomic E-state index is 13.6. The van der Waals surface area contributed by atoms with Crippen LogP contribution in [0.25, 0.3) is 10.2 Å². The average Bonchev–Trinajstić information content (AvgIpc) is 3.16. The molecule has 0 spiro atoms. The Balaban J connectivity index is 2.24. The van der Waals surface area contributed by atoms with Crippen LogP contribution >= 0.6 is 11.3 Å². The third-order valence-electron chi connectivity index (χ3n) is 5.62. The molecule has 0 aliphatic carbocycles. The number of ether oxygens (including phenoxy) is 2. The van der Waals surface area contributed by atoms with Crippen LogP contribution in [0.15, 0.2) is 33.9 Å². The van der Waals surface area contributed by atoms with Gasteiger partial charge in [0.1, 0.15) is 21.5 Å². The predicted molar refractivity (Wildman–Crippen MR) is 131 cm³/mol. The monoisotopic (exact) mass is 487 g/mol. The molecule has 0 fully saturated rings. The molecule has 10 heteroatoms. The van der Waals surface area contributed by atoms with E-state index in [-0.39, 0.29) is 23.4 Å². The van der Waals surface area contributed by atoms with Crippen LogP contribution in [0.2, 0.25) is 0 Å². The number of esters is 1. The van der Waals surface area contributed by atoms with Gasteiger partial charge >= 0.3 is 11.7 Å². The molecular formula is C24H29N3O6S. The molecule has 2 heterocycles. The highest BCUT2D eigenvalue weighted by Crippen LogP contribution is 2.29. The lowest BCUT2D eigenvalue weighted by molar-refractivity contribution is -0.123. The highest BCUT2D eigenvalue weighted by molar-refractivity contribution is 7.20. The Kier molecular flexibility index (Phi) is 7.93. The summed E-state index contributed by atoms with van der Waals surface area (Å²) in [4.78, 5) is 52.7. The fraction of sp³-hybridized carbons (Fsp3) is 0.417. The molecule has 34 heavy (non-hydrogen) atoms. The molecule has 0 radical (unpaired) electrons. The molecule has 0 bridgehead atoms. The van der Waals surface area contributed by atoms with Crippen molar-refractivity contribution < 1.29 is 19.1 Å². The number of likely N-dealkylation sites (N-methyl/N-ethyl adjacent to an activating group) is 1. The highest BCUT2D eigenvalue weighted by Gasteiger charge is 2.27. The van der Waals surface area contributed by atoms with Gasteiger partial charge in [-0.3, -0.25) is 14.2 Å². The van der Waals surface area contributed by atoms with E-state index in [0.717, 1.165) is 21.5 Å². The summed E-state index contributed by atoms with van der Waals surface area (Å²) in [6.07, 6.45) is 0.443. The number of carbonyl (C=O) groups excluding carboxylic acids is 2. The Morgan fingerprint density at radius 1 is 1.18 bits per heavy atom. The molecule has 0 aliphatic rings. The largest absolute Gasteiger partial charge is 0.496 e. The van der Waals surface area contributed by atoms with E-state index in [2.05, 4.69) is 5.32 Å². The fourth-order valence-corrected chi connectivity index (χ4v) is 5.09. The van der Waals surface area contributed by atoms with E-state index in [9.17, 15) is 19.2 Å². The van der Waals surface area contributed by atoms with Crippen molar-refractivity contribution in [3.63, 3.8) is 0 Å². The van der Waals surface area contributed by atoms with Crippen molar-refractivity contribution in [2.45, 2.75) is 46.7 Å². The van der Waals surface area contributed by atoms with Gasteiger partial charge in [-0.1, -0.05) is 18.2 Å². The van der Waals surface area contributed by atoms with Crippen molar-refractivity contribution >= 4 is 33.4 Å². The van der Waals surface area contributed by atoms with Gasteiger partial charge < -0.3 is 14.8 Å². The van der Waals surface area contributed by atoms with E-state index in [0.29, 0.717) is 29.1 Å². The first kappa shape index (κ1) is 25.2. The summed E-state index contributed by atoms with van der Waals surface area (Å²) >= 11 is 1.05. The second-order valence-corrected chi connectivity index (χ2v) is 8.70. The molecule has 9 nitrogen and oxygen atoms in total. The zero-order chi connectivity index (χ0) is 25.0. The van der Waals surface area contributed by atoms with Crippen molar-refractivity contribution in [1.29, 1.82) is 0 Å². The molecule has 182 valence electrons. The minimum atomic E-state index is -1.02. The third kappa shape index (κ3) is 4.63. The van der Waals surface area contributed by atoms with Crippen molar-refractivity contribution in [2.24, 2.45) is 0 Å². The third-order valence-corrected chi connectivity index (χ3v) is 6.91. The molecule has 1 N–H and O–H groups in total. The zero-order valence-corrected chi connectivity index (χ0v) is 20.8. The van der Waals surface area contributed by atoms with Crippen LogP contribution in [0.1, 0.15) is 47.6 Å². The smallest absolute Gasteiger partial charge is 0.348 e. The Morgan fingerprint density at radius 3 is 2.53 bits per heavy atom. The lowest BCUT2D eigenvalue weighted by Crippen LogP contribution is -2.46. The average molecular weight is 488 g/mol. The molecule has 0 unspecified atom stereocenters. The maximum absolute atomic E-state index is 13.6. The number of rotatable bonds is 9. The number of thiophene rings is 1. The number of para-hydroxylation sites is 1. The number of hydrogen-bond donors (Lipinski definition) is 1. The first-order valence-electron chi connectivity index (χ1n) is 11.1. The highest BCUT2D eigenvalue weighted by atomic mass is 32.1. The summed E-state index contributed by atoms with van der Waals surface area (Å²) < 4.78 is 13.0. The first-order valence-corrected chi connectivity index (χ1v) is 11.9. The molecule has 2 aromatic heterocycles. The van der Waals surface area contributed by atoms with Gasteiger partial charge in [0.05, 0.1) is 19.1 Å². The van der Waals surface area contributed by atoms with Crippen LogP contribution in [0.3, 0.4) is 0 Å². The number of amides is 1. The van der Waals surface area contributed by atoms with Crippen molar-refractivity contribution in [3.8, 4) is 5.75 Å². The first-order chi connectivity index (χ1) is 16.3. The van der Waals surface area contributed by atoms with Gasteiger partial charge in [0.25, 0.3) is 5.56 Å². The van der Waals surface area contributed by atoms with Crippen LogP contribution < -0.4 is 21.3 Å². The number of methoxy groups -OCH3 is 1. The summed E-state index contributed by atoms with van der Waals surface area (Å²) in [7, 11) is 1.58. The molecule has 0 aliphatic heterocycles. The Labute approximate surface area is 200 Å². The normalized spacial score (nSPS) is 11.9. The Morgan fingerprint density at radius 2 is 1.88 bits per heavy atom. The summed E-state index contributed by atoms with van der Waals surface area (Å²) in [6, 6.07) is 6.45. The molecule has 0 saturated heterocycles. The van der Waals surface area contributed by atoms with Crippen LogP contribution in [-0.2, 0) is 22.5 Å². The van der Waals surface area contributed by atoms with E-state index in [1.54, 1.807) is 27.9 Å². The molecule has 3 rings (SSSR count). The molecular weight excluding hydrogens is 458 g/mol. The standard InChI is InChI=1S/C24H29N3O6S/c1-6-25-20(28)15(4)27-21(29)18-14(3)19(23(30)33-7-2)34-22(18)26(24(27)31)13-12-16-10-8-9-11-17(16)32-5/h8-11,15H,6-7,12-13H2,1-5H3,(H,25,28)/t15-/m0/s1. The molecule has 1 aromatic carbocycles. The van der Waals surface area contributed by atoms with Gasteiger partial charge in [-0.2, -0.15) is 0 Å². The van der Waals surface area contributed by atoms with Crippen molar-refractivity contribution in [3.05, 3.63) is 61.1 Å². The van der Waals surface area contributed by atoms with E-state index < -0.39 is 29.2 Å². The number of nitrogens with zero attached hydrogens (tertiary/aromatic N) is 2. The van der Waals surface area contributed by atoms with Crippen molar-refractivity contribution in [1.82, 2.24) is 14.5 Å². The van der Waals surface area contributed by atoms with E-state index >= 15 is 0 Å². The lowest BCUT2D eigenvalue weighted by Gasteiger charge is -2.17. The topological polar surface area (TPSA) is 109 Å². The number of benzene rings is 1. The van der Waals surface area contributed by atoms with Gasteiger partial charge in [0, 0.05) is 13.1 Å². The van der Waals surface area contributed by atoms with E-state index in [1.165, 1.54) is 11.5 Å². The SMILES string of the molecule is CCNC(=O)[C@H](C)n1c(=O)c2c(C)c(C(=O)OCC)sc2n(CCc2ccccc2OC)c1=O. The Hall–Kier alpha value is -3.40. The van der Waals surface area contributed by atoms with Crippen molar-refractivity contribution in [2.75, 3.05) is 20.3 Å². The van der Waals surface area contributed by atoms with Crippen LogP contribution in [0.5, 0.6) is 5.75 Å². The van der Waals surface area contributed by atoms with E-state index in [1.807, 2.05) is 24.3 Å². The number of carbonyl (C=O) groups is 2. The molecule has 1 atom stereocenters. The van der Waals surface area contributed by atoms with Crippen LogP contribution in [-0.4, -0.2) is 41.3 Å². The van der Waals surface area contributed by atoms with Gasteiger partial charge in [0.2, 0.25) is 5.91 Å². The van der Waals surface area contributed by atoms with Gasteiger partial charge in [-0.25, -0.2) is 14.2 Å². The molecule has 3 aromatic rings. The number of fused-ring (bicyclic) bond motifs is 1. The zero-order valence-electron chi connectivity index (χ0n) is 20.0. The second kappa shape index (κ2) is 10.7. The van der Waals surface area contributed by atoms with Gasteiger partial charge in [0.15, 0.2) is 0 Å². The second-order valence-electron chi connectivity index (χ2n) is 7.70. The number of aryl methyl sites for hydroxylation is 3. The maximum Gasteiger partial charge on any atom is 0.348 e. The quantitative estimate of drug-likeness (QED) is 0.465. The van der Waals surface area contributed by atoms with Crippen LogP contribution in [0.4, 0.5) is 0 Å². The lowest BCUT2D eigenvalue weighted by atomic mass is 10.1. The minimum absolute atomic E-state index is 0.186. The van der Waals surface area contributed by atoms with Crippen LogP contribution in [0, 0.1) is 6.92 Å². The number of nitrogens with one attached hydrogen (secondary N) is 1. The minimum Gasteiger partial charge on any atom is -0.496 e. The van der Waals surface area contributed by atoms with Gasteiger partial charge in [-0.15, -0.1) is 11.3 Å². The summed E-state index contributed by atoms with van der Waals surface area (Å²) in [5, 5.41) is 2.90. The summed E-state index contributed by atoms with van der Waals surface area (Å²) in [5.74, 6) is -0.297. The summed E-state index contributed by atoms with van der Waals surface area (Å²) in [6.45, 7) is 7.40. The Bertz CT molecular complexity index is 1340. The van der Waals surface area contributed by atoms with Gasteiger partial charge in [-0.05, 0) is 51.3 Å². The number of aromatic nitrogens is 2. The predicted octanol–water partition coefficient (Wildman–Crippen LogP) is 2.66. The molecule has 1 amide bonds.